The number of fused-ring (bicyclic) bond motifs is 1. The topological polar surface area (TPSA) is 88.3 Å². The van der Waals surface area contributed by atoms with Crippen molar-refractivity contribution < 1.29 is 9.59 Å². The zero-order chi connectivity index (χ0) is 21.7. The molecule has 1 amide bonds. The van der Waals surface area contributed by atoms with Crippen molar-refractivity contribution in [3.05, 3.63) is 36.0 Å². The van der Waals surface area contributed by atoms with E-state index in [9.17, 15) is 9.59 Å². The lowest BCUT2D eigenvalue weighted by Gasteiger charge is -2.38. The molecule has 1 aromatic carbocycles. The molecule has 3 N–H and O–H groups in total. The lowest BCUT2D eigenvalue weighted by molar-refractivity contribution is -0.129. The van der Waals surface area contributed by atoms with Crippen LogP contribution in [0.4, 0.5) is 5.82 Å². The van der Waals surface area contributed by atoms with Gasteiger partial charge >= 0.3 is 0 Å². The number of amides is 1. The van der Waals surface area contributed by atoms with Gasteiger partial charge in [-0.25, -0.2) is 4.98 Å². The monoisotopic (exact) mass is 410 g/mol. The first-order valence-electron chi connectivity index (χ1n) is 11.1. The van der Waals surface area contributed by atoms with Crippen LogP contribution in [0.3, 0.4) is 0 Å². The van der Waals surface area contributed by atoms with Crippen LogP contribution >= 0.6 is 0 Å². The molecule has 30 heavy (non-hydrogen) atoms. The van der Waals surface area contributed by atoms with Gasteiger partial charge in [-0.1, -0.05) is 31.5 Å². The predicted molar refractivity (Wildman–Crippen MR) is 121 cm³/mol. The Balaban J connectivity index is 1.55. The molecule has 6 heteroatoms. The standard InChI is InChI=1S/C24H34N4O2/c1-4-21(27-23(30)15-28-16(2)6-5-7-17(28)3)22(29)11-9-18-8-10-20-19(14-18)12-13-26-24(20)25/h8,10,12-14,16-17,21H,4-7,9,11,15H2,1-3H3,(H2,25,26)(H,27,30)/t16-,17+,21-/m0/s1. The van der Waals surface area contributed by atoms with Crippen molar-refractivity contribution in [3.8, 4) is 0 Å². The maximum atomic E-state index is 12.8. The molecule has 1 aliphatic heterocycles. The molecule has 1 fully saturated rings. The number of carbonyl (C=O) groups is 2. The molecule has 2 heterocycles. The zero-order valence-electron chi connectivity index (χ0n) is 18.4. The summed E-state index contributed by atoms with van der Waals surface area (Å²) in [4.78, 5) is 31.7. The van der Waals surface area contributed by atoms with E-state index >= 15 is 0 Å². The SMILES string of the molecule is CC[C@H](NC(=O)CN1[C@H](C)CCC[C@@H]1C)C(=O)CCc1ccc2c(N)nccc2c1. The Morgan fingerprint density at radius 2 is 1.97 bits per heavy atom. The van der Waals surface area contributed by atoms with Crippen LogP contribution < -0.4 is 11.1 Å². The van der Waals surface area contributed by atoms with E-state index in [-0.39, 0.29) is 11.7 Å². The van der Waals surface area contributed by atoms with Gasteiger partial charge in [-0.15, -0.1) is 0 Å². The summed E-state index contributed by atoms with van der Waals surface area (Å²) in [6, 6.07) is 8.32. The van der Waals surface area contributed by atoms with Gasteiger partial charge in [-0.2, -0.15) is 0 Å². The van der Waals surface area contributed by atoms with Crippen molar-refractivity contribution in [3.63, 3.8) is 0 Å². The van der Waals surface area contributed by atoms with Crippen LogP contribution in [0.15, 0.2) is 30.5 Å². The summed E-state index contributed by atoms with van der Waals surface area (Å²) in [6.45, 7) is 6.67. The number of carbonyl (C=O) groups excluding carboxylic acids is 2. The second-order valence-electron chi connectivity index (χ2n) is 8.55. The van der Waals surface area contributed by atoms with E-state index in [2.05, 4.69) is 35.1 Å². The number of aromatic nitrogens is 1. The van der Waals surface area contributed by atoms with E-state index in [1.807, 2.05) is 25.1 Å². The van der Waals surface area contributed by atoms with Crippen molar-refractivity contribution in [2.45, 2.75) is 77.4 Å². The molecule has 0 saturated carbocycles. The number of nitrogens with one attached hydrogen (secondary N) is 1. The second kappa shape index (κ2) is 10.0. The minimum absolute atomic E-state index is 0.0514. The average Bonchev–Trinajstić information content (AvgIpc) is 2.73. The van der Waals surface area contributed by atoms with Crippen LogP contribution in [0.25, 0.3) is 10.8 Å². The maximum absolute atomic E-state index is 12.8. The van der Waals surface area contributed by atoms with Gasteiger partial charge < -0.3 is 11.1 Å². The highest BCUT2D eigenvalue weighted by Gasteiger charge is 2.27. The van der Waals surface area contributed by atoms with Gasteiger partial charge in [0.15, 0.2) is 5.78 Å². The fourth-order valence-electron chi connectivity index (χ4n) is 4.45. The molecule has 2 aromatic rings. The molecule has 1 aliphatic rings. The fraction of sp³-hybridized carbons (Fsp3) is 0.542. The molecule has 0 aliphatic carbocycles. The van der Waals surface area contributed by atoms with E-state index in [4.69, 9.17) is 5.73 Å². The Bertz CT molecular complexity index is 888. The number of piperidine rings is 1. The number of hydrogen-bond donors (Lipinski definition) is 2. The van der Waals surface area contributed by atoms with Gasteiger partial charge in [0.2, 0.25) is 5.91 Å². The van der Waals surface area contributed by atoms with Crippen LogP contribution in [0.5, 0.6) is 0 Å². The Kier molecular flexibility index (Phi) is 7.43. The van der Waals surface area contributed by atoms with E-state index < -0.39 is 6.04 Å². The minimum atomic E-state index is -0.423. The van der Waals surface area contributed by atoms with Crippen molar-refractivity contribution in [2.24, 2.45) is 0 Å². The number of ketones is 1. The van der Waals surface area contributed by atoms with Crippen LogP contribution in [0.1, 0.15) is 58.4 Å². The number of hydrogen-bond acceptors (Lipinski definition) is 5. The number of nitrogen functional groups attached to an aromatic ring is 1. The molecule has 0 spiro atoms. The number of pyridine rings is 1. The molecular formula is C24H34N4O2. The summed E-state index contributed by atoms with van der Waals surface area (Å²) in [6.07, 6.45) is 6.82. The third-order valence-corrected chi connectivity index (χ3v) is 6.35. The number of Topliss-reactive ketones (excluding diaryl/α,β-unsaturated/α-hetero) is 1. The first kappa shape index (κ1) is 22.2. The van der Waals surface area contributed by atoms with Crippen LogP contribution in [0.2, 0.25) is 0 Å². The smallest absolute Gasteiger partial charge is 0.234 e. The molecule has 0 unspecified atom stereocenters. The predicted octanol–water partition coefficient (Wildman–Crippen LogP) is 3.48. The Morgan fingerprint density at radius 3 is 2.67 bits per heavy atom. The van der Waals surface area contributed by atoms with E-state index in [1.165, 1.54) is 6.42 Å². The summed E-state index contributed by atoms with van der Waals surface area (Å²) >= 11 is 0. The third kappa shape index (κ3) is 5.36. The first-order chi connectivity index (χ1) is 14.4. The molecule has 6 nitrogen and oxygen atoms in total. The van der Waals surface area contributed by atoms with Crippen LogP contribution in [-0.4, -0.2) is 46.2 Å². The van der Waals surface area contributed by atoms with Crippen molar-refractivity contribution in [1.29, 1.82) is 0 Å². The number of nitrogens with two attached hydrogens (primary N) is 1. The molecule has 3 atom stereocenters. The van der Waals surface area contributed by atoms with Crippen LogP contribution in [0, 0.1) is 0 Å². The van der Waals surface area contributed by atoms with Gasteiger partial charge in [0, 0.05) is 30.1 Å². The average molecular weight is 411 g/mol. The van der Waals surface area contributed by atoms with Gasteiger partial charge in [0.25, 0.3) is 0 Å². The lowest BCUT2D eigenvalue weighted by atomic mass is 9.97. The van der Waals surface area contributed by atoms with Crippen molar-refractivity contribution in [1.82, 2.24) is 15.2 Å². The van der Waals surface area contributed by atoms with E-state index in [1.54, 1.807) is 6.20 Å². The molecule has 3 rings (SSSR count). The molecule has 0 bridgehead atoms. The number of nitrogens with zero attached hydrogens (tertiary/aromatic N) is 2. The second-order valence-corrected chi connectivity index (χ2v) is 8.55. The first-order valence-corrected chi connectivity index (χ1v) is 11.1. The fourth-order valence-corrected chi connectivity index (χ4v) is 4.45. The largest absolute Gasteiger partial charge is 0.383 e. The Morgan fingerprint density at radius 1 is 1.23 bits per heavy atom. The number of aryl methyl sites for hydroxylation is 1. The Labute approximate surface area is 179 Å². The number of rotatable bonds is 8. The molecule has 162 valence electrons. The lowest BCUT2D eigenvalue weighted by Crippen LogP contribution is -2.51. The van der Waals surface area contributed by atoms with E-state index in [0.29, 0.717) is 43.7 Å². The van der Waals surface area contributed by atoms with Gasteiger partial charge in [-0.3, -0.25) is 14.5 Å². The van der Waals surface area contributed by atoms with Crippen molar-refractivity contribution in [2.75, 3.05) is 12.3 Å². The van der Waals surface area contributed by atoms with Gasteiger partial charge in [0.1, 0.15) is 5.82 Å². The highest BCUT2D eigenvalue weighted by Crippen LogP contribution is 2.22. The highest BCUT2D eigenvalue weighted by atomic mass is 16.2. The Hall–Kier alpha value is -2.47. The zero-order valence-corrected chi connectivity index (χ0v) is 18.4. The molecule has 1 aromatic heterocycles. The van der Waals surface area contributed by atoms with Gasteiger partial charge in [0.05, 0.1) is 12.6 Å². The summed E-state index contributed by atoms with van der Waals surface area (Å²) in [5.41, 5.74) is 6.99. The minimum Gasteiger partial charge on any atom is -0.383 e. The summed E-state index contributed by atoms with van der Waals surface area (Å²) in [5, 5.41) is 4.92. The number of anilines is 1. The molecule has 0 radical (unpaired) electrons. The number of likely N-dealkylation sites (tertiary alicyclic amines) is 1. The summed E-state index contributed by atoms with van der Waals surface area (Å²) in [5.74, 6) is 0.547. The quantitative estimate of drug-likeness (QED) is 0.696. The maximum Gasteiger partial charge on any atom is 0.234 e. The molecular weight excluding hydrogens is 376 g/mol. The highest BCUT2D eigenvalue weighted by molar-refractivity contribution is 5.92. The van der Waals surface area contributed by atoms with E-state index in [0.717, 1.165) is 29.2 Å². The normalized spacial score (nSPS) is 20.8. The van der Waals surface area contributed by atoms with Crippen LogP contribution in [-0.2, 0) is 16.0 Å². The molecule has 1 saturated heterocycles. The van der Waals surface area contributed by atoms with Gasteiger partial charge in [-0.05, 0) is 56.5 Å². The number of benzene rings is 1. The summed E-state index contributed by atoms with van der Waals surface area (Å²) < 4.78 is 0. The summed E-state index contributed by atoms with van der Waals surface area (Å²) in [7, 11) is 0. The van der Waals surface area contributed by atoms with Crippen molar-refractivity contribution >= 4 is 28.3 Å². The third-order valence-electron chi connectivity index (χ3n) is 6.35.